The molecule has 0 atom stereocenters. The Kier molecular flexibility index (Phi) is 4.29. The Balaban J connectivity index is 1.72. The van der Waals surface area contributed by atoms with E-state index in [1.54, 1.807) is 36.5 Å². The topological polar surface area (TPSA) is 49.3 Å². The van der Waals surface area contributed by atoms with Crippen LogP contribution in [0.15, 0.2) is 48.8 Å². The van der Waals surface area contributed by atoms with E-state index in [0.29, 0.717) is 5.56 Å². The van der Waals surface area contributed by atoms with Crippen molar-refractivity contribution in [3.05, 3.63) is 60.0 Å². The molecule has 0 N–H and O–H groups in total. The van der Waals surface area contributed by atoms with Crippen LogP contribution in [-0.2, 0) is 0 Å². The van der Waals surface area contributed by atoms with Crippen LogP contribution in [0.5, 0.6) is 0 Å². The smallest absolute Gasteiger partial charge is 0.259 e. The highest BCUT2D eigenvalue weighted by molar-refractivity contribution is 6.06. The van der Waals surface area contributed by atoms with Crippen LogP contribution in [0, 0.1) is 6.92 Å². The van der Waals surface area contributed by atoms with Gasteiger partial charge in [0.15, 0.2) is 0 Å². The summed E-state index contributed by atoms with van der Waals surface area (Å²) in [4.78, 5) is 25.5. The summed E-state index contributed by atoms with van der Waals surface area (Å²) in [6, 6.07) is 11.8. The summed E-state index contributed by atoms with van der Waals surface area (Å²) in [5.74, 6) is -0.0788. The lowest BCUT2D eigenvalue weighted by atomic mass is 10.1. The molecule has 132 valence electrons. The Morgan fingerprint density at radius 3 is 2.69 bits per heavy atom. The van der Waals surface area contributed by atoms with Crippen molar-refractivity contribution in [3.63, 3.8) is 0 Å². The minimum Gasteiger partial charge on any atom is -0.371 e. The summed E-state index contributed by atoms with van der Waals surface area (Å²) < 4.78 is 0. The third-order valence-electron chi connectivity index (χ3n) is 4.95. The average Bonchev–Trinajstić information content (AvgIpc) is 3.21. The SMILES string of the molecule is Cc1cc(N2CCCC2)c2ccc(N(C)C(=O)c3cccnc3)cc2n1. The van der Waals surface area contributed by atoms with Gasteiger partial charge in [-0.3, -0.25) is 14.8 Å². The zero-order valence-electron chi connectivity index (χ0n) is 15.1. The number of hydrogen-bond donors (Lipinski definition) is 0. The van der Waals surface area contributed by atoms with E-state index in [1.165, 1.54) is 18.5 Å². The molecule has 2 aromatic heterocycles. The van der Waals surface area contributed by atoms with Crippen LogP contribution < -0.4 is 9.80 Å². The minimum atomic E-state index is -0.0788. The molecular formula is C21H22N4O. The molecule has 0 aliphatic carbocycles. The lowest BCUT2D eigenvalue weighted by Crippen LogP contribution is -2.26. The highest BCUT2D eigenvalue weighted by atomic mass is 16.2. The predicted octanol–water partition coefficient (Wildman–Crippen LogP) is 3.82. The van der Waals surface area contributed by atoms with Crippen molar-refractivity contribution in [2.45, 2.75) is 19.8 Å². The molecule has 0 radical (unpaired) electrons. The number of pyridine rings is 2. The second-order valence-electron chi connectivity index (χ2n) is 6.78. The molecule has 1 amide bonds. The number of benzene rings is 1. The van der Waals surface area contributed by atoms with Gasteiger partial charge in [-0.05, 0) is 56.2 Å². The van der Waals surface area contributed by atoms with Crippen LogP contribution >= 0.6 is 0 Å². The van der Waals surface area contributed by atoms with Gasteiger partial charge < -0.3 is 9.80 Å². The van der Waals surface area contributed by atoms with Gasteiger partial charge >= 0.3 is 0 Å². The van der Waals surface area contributed by atoms with Gasteiger partial charge in [0.1, 0.15) is 0 Å². The first kappa shape index (κ1) is 16.5. The summed E-state index contributed by atoms with van der Waals surface area (Å²) in [6.07, 6.45) is 5.74. The molecule has 1 aliphatic heterocycles. The lowest BCUT2D eigenvalue weighted by Gasteiger charge is -2.22. The Labute approximate surface area is 153 Å². The maximum Gasteiger partial charge on any atom is 0.259 e. The van der Waals surface area contributed by atoms with Gasteiger partial charge in [0.2, 0.25) is 0 Å². The molecule has 3 heterocycles. The van der Waals surface area contributed by atoms with E-state index >= 15 is 0 Å². The number of amides is 1. The van der Waals surface area contributed by atoms with Crippen LogP contribution in [0.2, 0.25) is 0 Å². The van der Waals surface area contributed by atoms with Gasteiger partial charge in [0.25, 0.3) is 5.91 Å². The summed E-state index contributed by atoms with van der Waals surface area (Å²) in [7, 11) is 1.79. The second-order valence-corrected chi connectivity index (χ2v) is 6.78. The molecule has 5 nitrogen and oxygen atoms in total. The van der Waals surface area contributed by atoms with Crippen molar-refractivity contribution >= 4 is 28.2 Å². The maximum atomic E-state index is 12.7. The van der Waals surface area contributed by atoms with Gasteiger partial charge in [-0.25, -0.2) is 0 Å². The standard InChI is InChI=1S/C21H22N4O/c1-15-12-20(25-10-3-4-11-25)18-8-7-17(13-19(18)23-15)24(2)21(26)16-6-5-9-22-14-16/h5-9,12-14H,3-4,10-11H2,1-2H3. The zero-order chi connectivity index (χ0) is 18.1. The van der Waals surface area contributed by atoms with Crippen LogP contribution in [-0.4, -0.2) is 36.0 Å². The first-order valence-electron chi connectivity index (χ1n) is 8.98. The zero-order valence-corrected chi connectivity index (χ0v) is 15.1. The number of fused-ring (bicyclic) bond motifs is 1. The first-order chi connectivity index (χ1) is 12.6. The highest BCUT2D eigenvalue weighted by Crippen LogP contribution is 2.31. The normalized spacial score (nSPS) is 14.0. The number of carbonyl (C=O) groups is 1. The number of rotatable bonds is 3. The molecule has 1 saturated heterocycles. The van der Waals surface area contributed by atoms with E-state index in [0.717, 1.165) is 35.4 Å². The first-order valence-corrected chi connectivity index (χ1v) is 8.98. The number of aromatic nitrogens is 2. The fourth-order valence-electron chi connectivity index (χ4n) is 3.56. The van der Waals surface area contributed by atoms with Gasteiger partial charge in [-0.15, -0.1) is 0 Å². The number of aryl methyl sites for hydroxylation is 1. The Hall–Kier alpha value is -2.95. The Morgan fingerprint density at radius 2 is 1.96 bits per heavy atom. The maximum absolute atomic E-state index is 12.7. The van der Waals surface area contributed by atoms with Crippen molar-refractivity contribution in [1.29, 1.82) is 0 Å². The van der Waals surface area contributed by atoms with Crippen LogP contribution in [0.1, 0.15) is 28.9 Å². The van der Waals surface area contributed by atoms with Gasteiger partial charge in [0, 0.05) is 55.0 Å². The van der Waals surface area contributed by atoms with Crippen molar-refractivity contribution < 1.29 is 4.79 Å². The lowest BCUT2D eigenvalue weighted by molar-refractivity contribution is 0.0992. The summed E-state index contributed by atoms with van der Waals surface area (Å²) in [6.45, 7) is 4.22. The molecule has 0 bridgehead atoms. The highest BCUT2D eigenvalue weighted by Gasteiger charge is 2.18. The number of carbonyl (C=O) groups excluding carboxylic acids is 1. The van der Waals surface area contributed by atoms with Crippen molar-refractivity contribution in [2.75, 3.05) is 29.9 Å². The Morgan fingerprint density at radius 1 is 1.15 bits per heavy atom. The summed E-state index contributed by atoms with van der Waals surface area (Å²) in [5, 5.41) is 1.14. The summed E-state index contributed by atoms with van der Waals surface area (Å²) in [5.41, 5.74) is 4.58. The quantitative estimate of drug-likeness (QED) is 0.723. The third kappa shape index (κ3) is 3.01. The third-order valence-corrected chi connectivity index (χ3v) is 4.95. The fraction of sp³-hybridized carbons (Fsp3) is 0.286. The van der Waals surface area contributed by atoms with E-state index in [4.69, 9.17) is 4.98 Å². The molecule has 1 fully saturated rings. The molecule has 1 aromatic carbocycles. The van der Waals surface area contributed by atoms with Gasteiger partial charge in [0.05, 0.1) is 11.1 Å². The number of hydrogen-bond acceptors (Lipinski definition) is 4. The fourth-order valence-corrected chi connectivity index (χ4v) is 3.56. The van der Waals surface area contributed by atoms with E-state index < -0.39 is 0 Å². The summed E-state index contributed by atoms with van der Waals surface area (Å²) >= 11 is 0. The molecule has 3 aromatic rings. The minimum absolute atomic E-state index is 0.0788. The van der Waals surface area contributed by atoms with E-state index in [-0.39, 0.29) is 5.91 Å². The molecule has 0 spiro atoms. The number of nitrogens with zero attached hydrogens (tertiary/aromatic N) is 4. The molecule has 0 unspecified atom stereocenters. The Bertz CT molecular complexity index is 949. The van der Waals surface area contributed by atoms with Crippen molar-refractivity contribution in [1.82, 2.24) is 9.97 Å². The van der Waals surface area contributed by atoms with E-state index in [9.17, 15) is 4.79 Å². The van der Waals surface area contributed by atoms with Crippen molar-refractivity contribution in [3.8, 4) is 0 Å². The van der Waals surface area contributed by atoms with Crippen LogP contribution in [0.4, 0.5) is 11.4 Å². The monoisotopic (exact) mass is 346 g/mol. The van der Waals surface area contributed by atoms with Crippen molar-refractivity contribution in [2.24, 2.45) is 0 Å². The molecule has 26 heavy (non-hydrogen) atoms. The van der Waals surface area contributed by atoms with Crippen LogP contribution in [0.3, 0.4) is 0 Å². The van der Waals surface area contributed by atoms with Gasteiger partial charge in [-0.2, -0.15) is 0 Å². The molecule has 5 heteroatoms. The van der Waals surface area contributed by atoms with Crippen LogP contribution in [0.25, 0.3) is 10.9 Å². The average molecular weight is 346 g/mol. The number of anilines is 2. The van der Waals surface area contributed by atoms with E-state index in [1.807, 2.05) is 19.1 Å². The van der Waals surface area contributed by atoms with Gasteiger partial charge in [-0.1, -0.05) is 0 Å². The molecule has 4 rings (SSSR count). The molecule has 0 saturated carbocycles. The molecular weight excluding hydrogens is 324 g/mol. The molecule has 1 aliphatic rings. The predicted molar refractivity (Wildman–Crippen MR) is 105 cm³/mol. The second kappa shape index (κ2) is 6.75. The van der Waals surface area contributed by atoms with E-state index in [2.05, 4.69) is 22.0 Å². The largest absolute Gasteiger partial charge is 0.371 e.